The van der Waals surface area contributed by atoms with Gasteiger partial charge in [-0.3, -0.25) is 4.79 Å². The number of rotatable bonds is 4. The van der Waals surface area contributed by atoms with E-state index in [-0.39, 0.29) is 11.9 Å². The van der Waals surface area contributed by atoms with Crippen molar-refractivity contribution in [3.8, 4) is 0 Å². The third-order valence-electron chi connectivity index (χ3n) is 4.41. The Morgan fingerprint density at radius 1 is 1.08 bits per heavy atom. The van der Waals surface area contributed by atoms with Crippen molar-refractivity contribution in [2.75, 3.05) is 38.5 Å². The second-order valence-electron chi connectivity index (χ2n) is 6.09. The highest BCUT2D eigenvalue weighted by Gasteiger charge is 2.23. The van der Waals surface area contributed by atoms with Crippen LogP contribution in [0.15, 0.2) is 41.3 Å². The Labute approximate surface area is 162 Å². The van der Waals surface area contributed by atoms with Crippen LogP contribution in [0.2, 0.25) is 5.02 Å². The Hall–Kier alpha value is -1.92. The molecule has 26 heavy (non-hydrogen) atoms. The van der Waals surface area contributed by atoms with Gasteiger partial charge in [0.2, 0.25) is 5.91 Å². The first kappa shape index (κ1) is 18.9. The molecule has 0 aromatic heterocycles. The first-order valence-electron chi connectivity index (χ1n) is 8.70. The molecule has 2 aromatic carbocycles. The third kappa shape index (κ3) is 4.24. The van der Waals surface area contributed by atoms with Crippen molar-refractivity contribution in [3.05, 3.63) is 41.4 Å². The molecule has 0 saturated carbocycles. The molecule has 1 aliphatic heterocycles. The molecule has 1 N–H and O–H groups in total. The third-order valence-corrected chi connectivity index (χ3v) is 5.77. The number of carbonyl (C=O) groups is 2. The summed E-state index contributed by atoms with van der Waals surface area (Å²) in [5, 5.41) is 5.57. The lowest BCUT2D eigenvalue weighted by Crippen LogP contribution is -2.53. The molecule has 5 nitrogen and oxygen atoms in total. The van der Waals surface area contributed by atoms with E-state index in [4.69, 9.17) is 11.6 Å². The maximum absolute atomic E-state index is 12.5. The molecule has 1 fully saturated rings. The van der Waals surface area contributed by atoms with Gasteiger partial charge in [0, 0.05) is 48.0 Å². The Balaban J connectivity index is 1.58. The van der Waals surface area contributed by atoms with Crippen LogP contribution in [0, 0.1) is 0 Å². The number of fused-ring (bicyclic) bond motifs is 1. The number of urea groups is 1. The smallest absolute Gasteiger partial charge is 0.317 e. The molecule has 0 bridgehead atoms. The standard InChI is InChI=1S/C19H22ClN3O2S/c1-2-21-19(25)23-11-9-22(10-12-23)17(24)13-26-16-8-4-6-14-5-3-7-15(20)18(14)16/h3-8H,2,9-13H2,1H3,(H,21,25). The molecule has 1 aliphatic rings. The van der Waals surface area contributed by atoms with Gasteiger partial charge in [-0.05, 0) is 24.4 Å². The number of hydrogen-bond acceptors (Lipinski definition) is 3. The van der Waals surface area contributed by atoms with Crippen molar-refractivity contribution < 1.29 is 9.59 Å². The monoisotopic (exact) mass is 391 g/mol. The van der Waals surface area contributed by atoms with E-state index in [2.05, 4.69) is 5.32 Å². The van der Waals surface area contributed by atoms with Crippen LogP contribution in [0.3, 0.4) is 0 Å². The zero-order valence-corrected chi connectivity index (χ0v) is 16.3. The van der Waals surface area contributed by atoms with Gasteiger partial charge < -0.3 is 15.1 Å². The van der Waals surface area contributed by atoms with E-state index in [0.29, 0.717) is 43.5 Å². The van der Waals surface area contributed by atoms with E-state index in [1.165, 1.54) is 11.8 Å². The Morgan fingerprint density at radius 2 is 1.73 bits per heavy atom. The van der Waals surface area contributed by atoms with Crippen LogP contribution in [0.4, 0.5) is 4.79 Å². The average Bonchev–Trinajstić information content (AvgIpc) is 2.66. The number of carbonyl (C=O) groups excluding carboxylic acids is 2. The Kier molecular flexibility index (Phi) is 6.27. The molecule has 1 saturated heterocycles. The molecule has 2 aromatic rings. The number of hydrogen-bond donors (Lipinski definition) is 1. The fraction of sp³-hybridized carbons (Fsp3) is 0.368. The van der Waals surface area contributed by atoms with Crippen molar-refractivity contribution in [3.63, 3.8) is 0 Å². The van der Waals surface area contributed by atoms with E-state index in [1.54, 1.807) is 4.90 Å². The van der Waals surface area contributed by atoms with Crippen LogP contribution in [0.5, 0.6) is 0 Å². The summed E-state index contributed by atoms with van der Waals surface area (Å²) in [4.78, 5) is 29.0. The number of piperazine rings is 1. The lowest BCUT2D eigenvalue weighted by Gasteiger charge is -2.34. The van der Waals surface area contributed by atoms with Gasteiger partial charge in [-0.15, -0.1) is 11.8 Å². The number of nitrogens with one attached hydrogen (secondary N) is 1. The van der Waals surface area contributed by atoms with Gasteiger partial charge in [-0.2, -0.15) is 0 Å². The first-order valence-corrected chi connectivity index (χ1v) is 10.1. The minimum Gasteiger partial charge on any atom is -0.338 e. The van der Waals surface area contributed by atoms with Crippen LogP contribution < -0.4 is 5.32 Å². The highest BCUT2D eigenvalue weighted by Crippen LogP contribution is 2.33. The summed E-state index contributed by atoms with van der Waals surface area (Å²) in [6.45, 7) is 4.81. The molecule has 0 aliphatic carbocycles. The van der Waals surface area contributed by atoms with Gasteiger partial charge in [-0.25, -0.2) is 4.79 Å². The van der Waals surface area contributed by atoms with Crippen LogP contribution >= 0.6 is 23.4 Å². The van der Waals surface area contributed by atoms with Crippen molar-refractivity contribution >= 4 is 46.1 Å². The van der Waals surface area contributed by atoms with Gasteiger partial charge in [-0.1, -0.05) is 35.9 Å². The van der Waals surface area contributed by atoms with E-state index in [1.807, 2.05) is 48.2 Å². The second kappa shape index (κ2) is 8.64. The number of benzene rings is 2. The van der Waals surface area contributed by atoms with Crippen LogP contribution in [-0.4, -0.2) is 60.2 Å². The number of nitrogens with zero attached hydrogens (tertiary/aromatic N) is 2. The molecule has 3 amide bonds. The van der Waals surface area contributed by atoms with Gasteiger partial charge in [0.05, 0.1) is 5.75 Å². The molecular weight excluding hydrogens is 370 g/mol. The number of thioether (sulfide) groups is 1. The quantitative estimate of drug-likeness (QED) is 0.812. The second-order valence-corrected chi connectivity index (χ2v) is 7.51. The molecule has 0 radical (unpaired) electrons. The topological polar surface area (TPSA) is 52.7 Å². The lowest BCUT2D eigenvalue weighted by molar-refractivity contribution is -0.129. The van der Waals surface area contributed by atoms with Gasteiger partial charge in [0.25, 0.3) is 0 Å². The van der Waals surface area contributed by atoms with Gasteiger partial charge in [0.15, 0.2) is 0 Å². The molecule has 0 atom stereocenters. The zero-order valence-electron chi connectivity index (χ0n) is 14.7. The molecule has 138 valence electrons. The molecule has 0 unspecified atom stereocenters. The minimum atomic E-state index is -0.0561. The lowest BCUT2D eigenvalue weighted by atomic mass is 10.1. The van der Waals surface area contributed by atoms with E-state index in [9.17, 15) is 9.59 Å². The summed E-state index contributed by atoms with van der Waals surface area (Å²) < 4.78 is 0. The van der Waals surface area contributed by atoms with Gasteiger partial charge >= 0.3 is 6.03 Å². The molecule has 1 heterocycles. The summed E-state index contributed by atoms with van der Waals surface area (Å²) in [5.74, 6) is 0.459. The summed E-state index contributed by atoms with van der Waals surface area (Å²) in [6, 6.07) is 11.8. The minimum absolute atomic E-state index is 0.0561. The molecule has 3 rings (SSSR count). The Morgan fingerprint density at radius 3 is 2.42 bits per heavy atom. The molecular formula is C19H22ClN3O2S. The number of amides is 3. The highest BCUT2D eigenvalue weighted by molar-refractivity contribution is 8.00. The summed E-state index contributed by atoms with van der Waals surface area (Å²) in [7, 11) is 0. The Bertz CT molecular complexity index is 801. The van der Waals surface area contributed by atoms with E-state index in [0.717, 1.165) is 15.7 Å². The van der Waals surface area contributed by atoms with Crippen LogP contribution in [0.1, 0.15) is 6.92 Å². The van der Waals surface area contributed by atoms with Crippen molar-refractivity contribution in [2.24, 2.45) is 0 Å². The van der Waals surface area contributed by atoms with E-state index >= 15 is 0 Å². The largest absolute Gasteiger partial charge is 0.338 e. The predicted molar refractivity (Wildman–Crippen MR) is 107 cm³/mol. The van der Waals surface area contributed by atoms with Crippen LogP contribution in [-0.2, 0) is 4.79 Å². The highest BCUT2D eigenvalue weighted by atomic mass is 35.5. The van der Waals surface area contributed by atoms with Gasteiger partial charge in [0.1, 0.15) is 0 Å². The first-order chi connectivity index (χ1) is 12.6. The van der Waals surface area contributed by atoms with Crippen molar-refractivity contribution in [2.45, 2.75) is 11.8 Å². The fourth-order valence-electron chi connectivity index (χ4n) is 3.04. The maximum atomic E-state index is 12.5. The summed E-state index contributed by atoms with van der Waals surface area (Å²) >= 11 is 7.86. The molecule has 7 heteroatoms. The zero-order chi connectivity index (χ0) is 18.5. The predicted octanol–water partition coefficient (Wildman–Crippen LogP) is 3.46. The van der Waals surface area contributed by atoms with Crippen molar-refractivity contribution in [1.29, 1.82) is 0 Å². The van der Waals surface area contributed by atoms with E-state index < -0.39 is 0 Å². The fourth-order valence-corrected chi connectivity index (χ4v) is 4.38. The maximum Gasteiger partial charge on any atom is 0.317 e. The SMILES string of the molecule is CCNC(=O)N1CCN(C(=O)CSc2cccc3cccc(Cl)c23)CC1. The van der Waals surface area contributed by atoms with Crippen LogP contribution in [0.25, 0.3) is 10.8 Å². The van der Waals surface area contributed by atoms with Crippen molar-refractivity contribution in [1.82, 2.24) is 15.1 Å². The normalized spacial score (nSPS) is 14.5. The number of halogens is 1. The molecule has 0 spiro atoms. The average molecular weight is 392 g/mol. The summed E-state index contributed by atoms with van der Waals surface area (Å²) in [6.07, 6.45) is 0. The summed E-state index contributed by atoms with van der Waals surface area (Å²) in [5.41, 5.74) is 0.